The third kappa shape index (κ3) is 1.74. The number of hydrogen-bond donors (Lipinski definition) is 1. The molecule has 0 aromatic carbocycles. The van der Waals surface area contributed by atoms with Gasteiger partial charge in [0.05, 0.1) is 5.39 Å². The summed E-state index contributed by atoms with van der Waals surface area (Å²) in [6, 6.07) is 3.90. The predicted octanol–water partition coefficient (Wildman–Crippen LogP) is 2.59. The van der Waals surface area contributed by atoms with Crippen LogP contribution in [0.4, 0.5) is 0 Å². The summed E-state index contributed by atoms with van der Waals surface area (Å²) in [6.45, 7) is 4.00. The van der Waals surface area contributed by atoms with Crippen molar-refractivity contribution in [1.29, 1.82) is 0 Å². The molecule has 4 heteroatoms. The number of fused-ring (bicyclic) bond motifs is 1. The molecule has 0 spiro atoms. The Morgan fingerprint density at radius 2 is 2.17 bits per heavy atom. The van der Waals surface area contributed by atoms with Crippen LogP contribution in [0.25, 0.3) is 11.0 Å². The summed E-state index contributed by atoms with van der Waals surface area (Å²) in [7, 11) is 0. The summed E-state index contributed by atoms with van der Waals surface area (Å²) in [6.07, 6.45) is 1.74. The highest BCUT2D eigenvalue weighted by Crippen LogP contribution is 2.13. The number of aromatic nitrogens is 3. The molecule has 3 nitrogen and oxygen atoms in total. The van der Waals surface area contributed by atoms with Crippen LogP contribution in [-0.2, 0) is 0 Å². The number of rotatable bonds is 0. The van der Waals surface area contributed by atoms with Crippen LogP contribution >= 0.6 is 22.6 Å². The average Bonchev–Trinajstić information content (AvgIpc) is 2.53. The van der Waals surface area contributed by atoms with Crippen LogP contribution in [0.3, 0.4) is 0 Å². The van der Waals surface area contributed by atoms with Crippen molar-refractivity contribution in [2.24, 2.45) is 0 Å². The Kier molecular flexibility index (Phi) is 3.46. The second-order valence-electron chi connectivity index (χ2n) is 1.91. The summed E-state index contributed by atoms with van der Waals surface area (Å²) in [5.74, 6) is 0. The van der Waals surface area contributed by atoms with Gasteiger partial charge >= 0.3 is 0 Å². The van der Waals surface area contributed by atoms with Gasteiger partial charge in [0.1, 0.15) is 3.70 Å². The molecule has 1 N–H and O–H groups in total. The normalized spacial score (nSPS) is 9.25. The fraction of sp³-hybridized carbons (Fsp3) is 0.250. The molecule has 0 bridgehead atoms. The number of aromatic amines is 1. The van der Waals surface area contributed by atoms with Gasteiger partial charge in [0.2, 0.25) is 0 Å². The van der Waals surface area contributed by atoms with Crippen molar-refractivity contribution in [3.63, 3.8) is 0 Å². The average molecular weight is 275 g/mol. The fourth-order valence-corrected chi connectivity index (χ4v) is 1.36. The van der Waals surface area contributed by atoms with Crippen molar-refractivity contribution in [1.82, 2.24) is 15.2 Å². The summed E-state index contributed by atoms with van der Waals surface area (Å²) < 4.78 is 1.04. The summed E-state index contributed by atoms with van der Waals surface area (Å²) in [5.41, 5.74) is 0.784. The largest absolute Gasteiger partial charge is 0.269 e. The molecule has 0 amide bonds. The van der Waals surface area contributed by atoms with E-state index in [4.69, 9.17) is 0 Å². The number of halogens is 1. The minimum atomic E-state index is 0.784. The van der Waals surface area contributed by atoms with Gasteiger partial charge in [-0.05, 0) is 34.7 Å². The maximum atomic E-state index is 4.05. The van der Waals surface area contributed by atoms with E-state index in [0.717, 1.165) is 14.7 Å². The molecule has 0 radical (unpaired) electrons. The van der Waals surface area contributed by atoms with Crippen LogP contribution in [0.15, 0.2) is 18.3 Å². The first-order chi connectivity index (χ1) is 5.88. The highest BCUT2D eigenvalue weighted by molar-refractivity contribution is 14.1. The van der Waals surface area contributed by atoms with Crippen LogP contribution in [0.1, 0.15) is 13.8 Å². The van der Waals surface area contributed by atoms with Crippen LogP contribution < -0.4 is 0 Å². The van der Waals surface area contributed by atoms with Gasteiger partial charge in [0.25, 0.3) is 0 Å². The summed E-state index contributed by atoms with van der Waals surface area (Å²) >= 11 is 2.20. The molecule has 0 aliphatic rings. The third-order valence-corrected chi connectivity index (χ3v) is 2.11. The number of nitrogens with one attached hydrogen (secondary N) is 1. The Morgan fingerprint density at radius 1 is 1.42 bits per heavy atom. The molecule has 0 unspecified atom stereocenters. The lowest BCUT2D eigenvalue weighted by Gasteiger charge is -1.82. The topological polar surface area (TPSA) is 41.6 Å². The van der Waals surface area contributed by atoms with E-state index in [9.17, 15) is 0 Å². The van der Waals surface area contributed by atoms with E-state index in [0.29, 0.717) is 0 Å². The molecule has 0 saturated heterocycles. The van der Waals surface area contributed by atoms with E-state index in [1.165, 1.54) is 0 Å². The van der Waals surface area contributed by atoms with Crippen LogP contribution in [0, 0.1) is 3.70 Å². The van der Waals surface area contributed by atoms with Gasteiger partial charge in [-0.1, -0.05) is 13.8 Å². The van der Waals surface area contributed by atoms with Gasteiger partial charge in [-0.2, -0.15) is 5.10 Å². The molecule has 64 valence electrons. The van der Waals surface area contributed by atoms with E-state index >= 15 is 0 Å². The molecule has 0 atom stereocenters. The van der Waals surface area contributed by atoms with Gasteiger partial charge in [-0.15, -0.1) is 0 Å². The molecule has 0 aliphatic heterocycles. The quantitative estimate of drug-likeness (QED) is 0.751. The lowest BCUT2D eigenvalue weighted by atomic mass is 10.4. The summed E-state index contributed by atoms with van der Waals surface area (Å²) in [5, 5.41) is 7.91. The zero-order valence-corrected chi connectivity index (χ0v) is 9.16. The van der Waals surface area contributed by atoms with E-state index in [1.54, 1.807) is 6.20 Å². The fourth-order valence-electron chi connectivity index (χ4n) is 0.820. The minimum absolute atomic E-state index is 0.784. The van der Waals surface area contributed by atoms with Crippen molar-refractivity contribution in [3.8, 4) is 0 Å². The molecule has 2 heterocycles. The van der Waals surface area contributed by atoms with Crippen molar-refractivity contribution in [3.05, 3.63) is 22.0 Å². The lowest BCUT2D eigenvalue weighted by Crippen LogP contribution is -1.71. The molecule has 12 heavy (non-hydrogen) atoms. The predicted molar refractivity (Wildman–Crippen MR) is 58.0 cm³/mol. The van der Waals surface area contributed by atoms with E-state index in [-0.39, 0.29) is 0 Å². The van der Waals surface area contributed by atoms with Crippen LogP contribution in [0.5, 0.6) is 0 Å². The maximum Gasteiger partial charge on any atom is 0.181 e. The standard InChI is InChI=1S/C6H4IN3.C2H6/c7-5-4-2-1-3-8-6(4)10-9-5;1-2/h1-3H,(H,8,9,10);1-2H3. The lowest BCUT2D eigenvalue weighted by molar-refractivity contribution is 1.08. The number of H-pyrrole nitrogens is 1. The summed E-state index contributed by atoms with van der Waals surface area (Å²) in [4.78, 5) is 4.05. The molecule has 2 rings (SSSR count). The van der Waals surface area contributed by atoms with Gasteiger partial charge in [-0.25, -0.2) is 4.98 Å². The molecule has 0 aliphatic carbocycles. The molecule has 2 aromatic heterocycles. The first-order valence-electron chi connectivity index (χ1n) is 3.82. The Morgan fingerprint density at radius 3 is 2.83 bits per heavy atom. The second kappa shape index (κ2) is 4.39. The molecular formula is C8H10IN3. The van der Waals surface area contributed by atoms with Gasteiger partial charge in [0.15, 0.2) is 5.65 Å². The smallest absolute Gasteiger partial charge is 0.181 e. The molecule has 0 fully saturated rings. The number of pyridine rings is 1. The van der Waals surface area contributed by atoms with Crippen molar-refractivity contribution < 1.29 is 0 Å². The Bertz CT molecular complexity index is 356. The first-order valence-corrected chi connectivity index (χ1v) is 4.90. The highest BCUT2D eigenvalue weighted by atomic mass is 127. The van der Waals surface area contributed by atoms with E-state index in [1.807, 2.05) is 26.0 Å². The molecular weight excluding hydrogens is 265 g/mol. The second-order valence-corrected chi connectivity index (χ2v) is 2.99. The van der Waals surface area contributed by atoms with Gasteiger partial charge < -0.3 is 0 Å². The Balaban J connectivity index is 0.000000336. The molecule has 2 aromatic rings. The minimum Gasteiger partial charge on any atom is -0.269 e. The SMILES string of the molecule is CC.Ic1[nH]nc2ncccc12. The first kappa shape index (κ1) is 9.44. The monoisotopic (exact) mass is 275 g/mol. The Labute approximate surface area is 84.7 Å². The Hall–Kier alpha value is -0.650. The van der Waals surface area contributed by atoms with E-state index < -0.39 is 0 Å². The highest BCUT2D eigenvalue weighted by Gasteiger charge is 1.99. The number of nitrogens with zero attached hydrogens (tertiary/aromatic N) is 2. The maximum absolute atomic E-state index is 4.05. The zero-order chi connectivity index (χ0) is 8.97. The molecule has 0 saturated carbocycles. The van der Waals surface area contributed by atoms with Gasteiger partial charge in [-0.3, -0.25) is 5.10 Å². The number of hydrogen-bond acceptors (Lipinski definition) is 2. The van der Waals surface area contributed by atoms with Crippen molar-refractivity contribution in [2.45, 2.75) is 13.8 Å². The van der Waals surface area contributed by atoms with Crippen LogP contribution in [-0.4, -0.2) is 15.2 Å². The van der Waals surface area contributed by atoms with Crippen molar-refractivity contribution in [2.75, 3.05) is 0 Å². The zero-order valence-electron chi connectivity index (χ0n) is 7.00. The van der Waals surface area contributed by atoms with Crippen molar-refractivity contribution >= 4 is 33.6 Å². The van der Waals surface area contributed by atoms with Crippen LogP contribution in [0.2, 0.25) is 0 Å². The third-order valence-electron chi connectivity index (χ3n) is 1.28. The van der Waals surface area contributed by atoms with Gasteiger partial charge in [0, 0.05) is 6.20 Å². The van der Waals surface area contributed by atoms with E-state index in [2.05, 4.69) is 37.8 Å².